The van der Waals surface area contributed by atoms with Gasteiger partial charge in [-0.1, -0.05) is 57.2 Å². The molecule has 3 nitrogen and oxygen atoms in total. The van der Waals surface area contributed by atoms with Gasteiger partial charge in [-0.2, -0.15) is 5.26 Å². The second-order valence-corrected chi connectivity index (χ2v) is 12.0. The molecular weight excluding hydrogens is 529 g/mol. The van der Waals surface area contributed by atoms with Gasteiger partial charge >= 0.3 is 0 Å². The molecule has 5 heteroatoms. The van der Waals surface area contributed by atoms with Gasteiger partial charge < -0.3 is 4.90 Å². The maximum atomic E-state index is 11.0. The summed E-state index contributed by atoms with van der Waals surface area (Å²) in [5.74, 6) is 0.327. The summed E-state index contributed by atoms with van der Waals surface area (Å²) in [7, 11) is 0. The lowest BCUT2D eigenvalue weighted by Gasteiger charge is -2.31. The zero-order valence-electron chi connectivity index (χ0n) is 22.8. The van der Waals surface area contributed by atoms with E-state index in [4.69, 9.17) is 5.26 Å². The highest BCUT2D eigenvalue weighted by Crippen LogP contribution is 2.45. The molecule has 5 aromatic rings. The number of thiophene rings is 2. The summed E-state index contributed by atoms with van der Waals surface area (Å²) in [6, 6.07) is 36.2. The molecule has 0 saturated heterocycles. The number of benzene rings is 3. The molecule has 5 rings (SSSR count). The Labute approximate surface area is 244 Å². The van der Waals surface area contributed by atoms with Crippen LogP contribution < -0.4 is 4.90 Å². The average molecular weight is 559 g/mol. The van der Waals surface area contributed by atoms with Gasteiger partial charge in [0.15, 0.2) is 6.29 Å². The molecule has 0 spiro atoms. The second kappa shape index (κ2) is 12.3. The molecule has 40 heavy (non-hydrogen) atoms. The predicted molar refractivity (Wildman–Crippen MR) is 171 cm³/mol. The Balaban J connectivity index is 1.59. The van der Waals surface area contributed by atoms with Crippen molar-refractivity contribution in [1.82, 2.24) is 0 Å². The maximum Gasteiger partial charge on any atom is 0.160 e. The minimum atomic E-state index is 0.133. The van der Waals surface area contributed by atoms with E-state index < -0.39 is 0 Å². The van der Waals surface area contributed by atoms with Crippen LogP contribution in [-0.4, -0.2) is 6.29 Å². The molecule has 0 saturated carbocycles. The summed E-state index contributed by atoms with van der Waals surface area (Å²) < 4.78 is 0. The fourth-order valence-electron chi connectivity index (χ4n) is 4.84. The number of nitriles is 1. The number of anilines is 3. The zero-order chi connectivity index (χ0) is 28.1. The molecule has 0 unspecified atom stereocenters. The van der Waals surface area contributed by atoms with E-state index in [-0.39, 0.29) is 5.57 Å². The van der Waals surface area contributed by atoms with Crippen LogP contribution in [-0.2, 0) is 11.2 Å². The van der Waals surface area contributed by atoms with Gasteiger partial charge in [0.25, 0.3) is 0 Å². The summed E-state index contributed by atoms with van der Waals surface area (Å²) in [5, 5.41) is 9.08. The van der Waals surface area contributed by atoms with Crippen molar-refractivity contribution < 1.29 is 4.79 Å². The highest BCUT2D eigenvalue weighted by atomic mass is 32.1. The molecule has 0 atom stereocenters. The van der Waals surface area contributed by atoms with Gasteiger partial charge in [0.05, 0.1) is 11.3 Å². The van der Waals surface area contributed by atoms with Crippen LogP contribution in [0.2, 0.25) is 0 Å². The van der Waals surface area contributed by atoms with E-state index in [1.54, 1.807) is 28.7 Å². The molecule has 0 aliphatic rings. The van der Waals surface area contributed by atoms with Gasteiger partial charge in [-0.3, -0.25) is 4.79 Å². The Kier molecular flexibility index (Phi) is 8.40. The van der Waals surface area contributed by atoms with Gasteiger partial charge in [0.1, 0.15) is 6.07 Å². The maximum absolute atomic E-state index is 11.0. The van der Waals surface area contributed by atoms with Crippen LogP contribution in [0.4, 0.5) is 17.1 Å². The van der Waals surface area contributed by atoms with E-state index in [0.29, 0.717) is 12.2 Å². The Morgan fingerprint density at radius 2 is 1.45 bits per heavy atom. The van der Waals surface area contributed by atoms with Gasteiger partial charge in [-0.05, 0) is 95.8 Å². The first-order valence-electron chi connectivity index (χ1n) is 13.4. The van der Waals surface area contributed by atoms with Crippen molar-refractivity contribution in [2.24, 2.45) is 0 Å². The third-order valence-electron chi connectivity index (χ3n) is 6.79. The molecule has 2 aromatic heterocycles. The average Bonchev–Trinajstić information content (AvgIpc) is 3.67. The van der Waals surface area contributed by atoms with Crippen molar-refractivity contribution in [3.63, 3.8) is 0 Å². The normalized spacial score (nSPS) is 11.4. The number of nitrogens with zero attached hydrogens (tertiary/aromatic N) is 2. The van der Waals surface area contributed by atoms with Crippen LogP contribution in [0.15, 0.2) is 103 Å². The van der Waals surface area contributed by atoms with Crippen molar-refractivity contribution in [2.45, 2.75) is 33.1 Å². The zero-order valence-corrected chi connectivity index (χ0v) is 24.4. The third kappa shape index (κ3) is 5.70. The quantitative estimate of drug-likeness (QED) is 0.103. The number of aldehydes is 1. The minimum Gasteiger partial charge on any atom is -0.310 e. The molecule has 0 radical (unpaired) electrons. The number of allylic oxidation sites excluding steroid dienone is 1. The first-order valence-corrected chi connectivity index (χ1v) is 15.0. The van der Waals surface area contributed by atoms with Crippen molar-refractivity contribution in [1.29, 1.82) is 5.26 Å². The van der Waals surface area contributed by atoms with Crippen molar-refractivity contribution in [3.05, 3.63) is 119 Å². The molecule has 0 fully saturated rings. The van der Waals surface area contributed by atoms with Crippen molar-refractivity contribution in [2.75, 3.05) is 4.90 Å². The summed E-state index contributed by atoms with van der Waals surface area (Å²) in [5.41, 5.74) is 7.54. The van der Waals surface area contributed by atoms with Crippen LogP contribution in [0.3, 0.4) is 0 Å². The Bertz CT molecular complexity index is 1650. The topological polar surface area (TPSA) is 44.1 Å². The van der Waals surface area contributed by atoms with Crippen LogP contribution in [0.1, 0.15) is 42.7 Å². The molecule has 0 amide bonds. The molecule has 2 heterocycles. The number of hydrogen-bond donors (Lipinski definition) is 0. The smallest absolute Gasteiger partial charge is 0.160 e. The number of hydrogen-bond acceptors (Lipinski definition) is 5. The summed E-state index contributed by atoms with van der Waals surface area (Å²) in [6.07, 6.45) is 3.15. The summed E-state index contributed by atoms with van der Waals surface area (Å²) >= 11 is 3.36. The number of rotatable bonds is 9. The van der Waals surface area contributed by atoms with E-state index in [1.165, 1.54) is 32.1 Å². The van der Waals surface area contributed by atoms with Gasteiger partial charge in [0.2, 0.25) is 0 Å². The van der Waals surface area contributed by atoms with E-state index in [9.17, 15) is 4.79 Å². The SMILES string of the molecule is CCc1cc(-c2ccc(-c3ccc(/C=C(\C#N)C=O)s3)s2)cc(C(C)C)c1N(c1ccccc1)c1ccccc1. The van der Waals surface area contributed by atoms with Crippen LogP contribution in [0.25, 0.3) is 26.3 Å². The van der Waals surface area contributed by atoms with Crippen molar-refractivity contribution >= 4 is 52.1 Å². The highest BCUT2D eigenvalue weighted by Gasteiger charge is 2.22. The van der Waals surface area contributed by atoms with E-state index in [2.05, 4.69) is 117 Å². The van der Waals surface area contributed by atoms with Gasteiger partial charge in [-0.15, -0.1) is 22.7 Å². The molecule has 0 N–H and O–H groups in total. The van der Waals surface area contributed by atoms with Crippen LogP contribution in [0.5, 0.6) is 0 Å². The first kappa shape index (κ1) is 27.3. The highest BCUT2D eigenvalue weighted by molar-refractivity contribution is 7.24. The fourth-order valence-corrected chi connectivity index (χ4v) is 6.88. The number of carbonyl (C=O) groups excluding carboxylic acids is 1. The van der Waals surface area contributed by atoms with Gasteiger partial charge in [-0.25, -0.2) is 0 Å². The predicted octanol–water partition coefficient (Wildman–Crippen LogP) is 10.4. The number of aryl methyl sites for hydroxylation is 1. The second-order valence-electron chi connectivity index (χ2n) is 9.78. The first-order chi connectivity index (χ1) is 19.5. The van der Waals surface area contributed by atoms with Crippen molar-refractivity contribution in [3.8, 4) is 26.3 Å². The van der Waals surface area contributed by atoms with E-state index >= 15 is 0 Å². The number of para-hydroxylation sites is 2. The molecular formula is C35H30N2OS2. The third-order valence-corrected chi connectivity index (χ3v) is 9.15. The fraction of sp³-hybridized carbons (Fsp3) is 0.143. The lowest BCUT2D eigenvalue weighted by atomic mass is 9.92. The molecule has 0 aliphatic carbocycles. The Hall–Kier alpha value is -4.24. The van der Waals surface area contributed by atoms with Gasteiger partial charge in [0, 0.05) is 30.9 Å². The van der Waals surface area contributed by atoms with E-state index in [0.717, 1.165) is 27.5 Å². The summed E-state index contributed by atoms with van der Waals surface area (Å²) in [6.45, 7) is 6.77. The summed E-state index contributed by atoms with van der Waals surface area (Å²) in [4.78, 5) is 17.9. The number of carbonyl (C=O) groups is 1. The lowest BCUT2D eigenvalue weighted by Crippen LogP contribution is -2.15. The molecule has 198 valence electrons. The van der Waals surface area contributed by atoms with Crippen LogP contribution in [0, 0.1) is 11.3 Å². The Morgan fingerprint density at radius 1 is 0.850 bits per heavy atom. The standard InChI is InChI=1S/C35H30N2OS2/c1-4-26-20-27(32-17-18-34(40-32)33-16-15-30(39-33)19-25(22-36)23-38)21-31(24(2)3)35(26)37(28-11-7-5-8-12-28)29-13-9-6-10-14-29/h5-21,23-24H,4H2,1-3H3/b25-19+. The van der Waals surface area contributed by atoms with Crippen LogP contribution >= 0.6 is 22.7 Å². The molecule has 3 aromatic carbocycles. The Morgan fingerprint density at radius 3 is 2.02 bits per heavy atom. The van der Waals surface area contributed by atoms with E-state index in [1.807, 2.05) is 12.1 Å². The molecule has 0 bridgehead atoms. The monoisotopic (exact) mass is 558 g/mol. The lowest BCUT2D eigenvalue weighted by molar-refractivity contribution is -0.104. The largest absolute Gasteiger partial charge is 0.310 e. The molecule has 0 aliphatic heterocycles. The minimum absolute atomic E-state index is 0.133.